The summed E-state index contributed by atoms with van der Waals surface area (Å²) in [5, 5.41) is 0. The number of rotatable bonds is 5. The van der Waals surface area contributed by atoms with Crippen molar-refractivity contribution in [2.24, 2.45) is 0 Å². The Morgan fingerprint density at radius 1 is 0.958 bits per heavy atom. The highest BCUT2D eigenvalue weighted by Crippen LogP contribution is 2.33. The molecule has 0 amide bonds. The Labute approximate surface area is 147 Å². The van der Waals surface area contributed by atoms with Crippen LogP contribution in [-0.4, -0.2) is 31.1 Å². The number of benzene rings is 1. The first-order valence-electron chi connectivity index (χ1n) is 9.89. The molecule has 1 aliphatic carbocycles. The van der Waals surface area contributed by atoms with E-state index in [0.29, 0.717) is 0 Å². The molecule has 2 heteroatoms. The van der Waals surface area contributed by atoms with Gasteiger partial charge < -0.3 is 4.74 Å². The largest absolute Gasteiger partial charge is 0.492 e. The molecule has 1 saturated heterocycles. The van der Waals surface area contributed by atoms with Crippen molar-refractivity contribution in [3.63, 3.8) is 0 Å². The molecule has 0 radical (unpaired) electrons. The van der Waals surface area contributed by atoms with Crippen LogP contribution in [0, 0.1) is 13.8 Å². The number of nitrogens with zero attached hydrogens (tertiary/aromatic N) is 1. The summed E-state index contributed by atoms with van der Waals surface area (Å²) in [6.45, 7) is 8.78. The second kappa shape index (κ2) is 8.71. The quantitative estimate of drug-likeness (QED) is 0.664. The number of hydrogen-bond acceptors (Lipinski definition) is 2. The Morgan fingerprint density at radius 3 is 2.38 bits per heavy atom. The van der Waals surface area contributed by atoms with Crippen LogP contribution >= 0.6 is 0 Å². The second-order valence-electron chi connectivity index (χ2n) is 7.56. The third-order valence-electron chi connectivity index (χ3n) is 5.51. The highest BCUT2D eigenvalue weighted by molar-refractivity contribution is 5.66. The van der Waals surface area contributed by atoms with Gasteiger partial charge in [-0.1, -0.05) is 36.6 Å². The van der Waals surface area contributed by atoms with Crippen LogP contribution in [0.25, 0.3) is 5.76 Å². The van der Waals surface area contributed by atoms with E-state index in [1.807, 2.05) is 0 Å². The molecule has 0 spiro atoms. The van der Waals surface area contributed by atoms with E-state index in [1.54, 1.807) is 5.57 Å². The van der Waals surface area contributed by atoms with Gasteiger partial charge in [-0.3, -0.25) is 4.90 Å². The van der Waals surface area contributed by atoms with Gasteiger partial charge in [-0.05, 0) is 76.6 Å². The number of allylic oxidation sites excluding steroid dienone is 1. The van der Waals surface area contributed by atoms with Crippen molar-refractivity contribution < 1.29 is 4.74 Å². The summed E-state index contributed by atoms with van der Waals surface area (Å²) in [6, 6.07) is 6.77. The second-order valence-corrected chi connectivity index (χ2v) is 7.56. The third kappa shape index (κ3) is 4.63. The summed E-state index contributed by atoms with van der Waals surface area (Å²) in [5.74, 6) is 1.20. The molecule has 1 aromatic rings. The summed E-state index contributed by atoms with van der Waals surface area (Å²) in [5.41, 5.74) is 5.54. The normalized spacial score (nSPS) is 19.3. The topological polar surface area (TPSA) is 12.5 Å². The lowest BCUT2D eigenvalue weighted by Crippen LogP contribution is -2.32. The number of aryl methyl sites for hydroxylation is 2. The minimum Gasteiger partial charge on any atom is -0.492 e. The van der Waals surface area contributed by atoms with E-state index in [0.717, 1.165) is 13.2 Å². The third-order valence-corrected chi connectivity index (χ3v) is 5.51. The first-order valence-corrected chi connectivity index (χ1v) is 9.89. The maximum atomic E-state index is 6.43. The van der Waals surface area contributed by atoms with Gasteiger partial charge in [0, 0.05) is 12.1 Å². The maximum absolute atomic E-state index is 6.43. The van der Waals surface area contributed by atoms with Crippen LogP contribution in [-0.2, 0) is 4.74 Å². The molecule has 0 aromatic heterocycles. The predicted octanol–water partition coefficient (Wildman–Crippen LogP) is 5.48. The predicted molar refractivity (Wildman–Crippen MR) is 102 cm³/mol. The number of hydrogen-bond donors (Lipinski definition) is 0. The monoisotopic (exact) mass is 327 g/mol. The lowest BCUT2D eigenvalue weighted by molar-refractivity contribution is 0.168. The fraction of sp³-hybridized carbons (Fsp3) is 0.636. The summed E-state index contributed by atoms with van der Waals surface area (Å²) >= 11 is 0. The average Bonchev–Trinajstić information content (AvgIpc) is 2.61. The fourth-order valence-electron chi connectivity index (χ4n) is 4.10. The number of ether oxygens (including phenoxy) is 1. The van der Waals surface area contributed by atoms with E-state index in [9.17, 15) is 0 Å². The lowest BCUT2D eigenvalue weighted by atomic mass is 9.91. The van der Waals surface area contributed by atoms with Crippen LogP contribution in [0.4, 0.5) is 0 Å². The van der Waals surface area contributed by atoms with Crippen molar-refractivity contribution >= 4 is 5.76 Å². The van der Waals surface area contributed by atoms with Crippen molar-refractivity contribution in [1.29, 1.82) is 0 Å². The van der Waals surface area contributed by atoms with Crippen molar-refractivity contribution in [3.8, 4) is 0 Å². The van der Waals surface area contributed by atoms with Crippen LogP contribution in [0.3, 0.4) is 0 Å². The molecule has 1 heterocycles. The molecule has 0 unspecified atom stereocenters. The Bertz CT molecular complexity index is 561. The van der Waals surface area contributed by atoms with Gasteiger partial charge in [0.1, 0.15) is 12.4 Å². The van der Waals surface area contributed by atoms with Crippen LogP contribution in [0.1, 0.15) is 68.1 Å². The van der Waals surface area contributed by atoms with Gasteiger partial charge in [0.15, 0.2) is 0 Å². The van der Waals surface area contributed by atoms with E-state index in [-0.39, 0.29) is 0 Å². The van der Waals surface area contributed by atoms with Gasteiger partial charge in [-0.2, -0.15) is 0 Å². The van der Waals surface area contributed by atoms with Crippen LogP contribution in [0.5, 0.6) is 0 Å². The molecule has 1 saturated carbocycles. The molecular formula is C22H33NO. The fourth-order valence-corrected chi connectivity index (χ4v) is 4.10. The van der Waals surface area contributed by atoms with Gasteiger partial charge in [0.25, 0.3) is 0 Å². The van der Waals surface area contributed by atoms with Crippen molar-refractivity contribution in [2.45, 2.75) is 65.2 Å². The molecule has 2 nitrogen and oxygen atoms in total. The smallest absolute Gasteiger partial charge is 0.126 e. The Balaban J connectivity index is 1.72. The molecule has 1 aromatic carbocycles. The van der Waals surface area contributed by atoms with Gasteiger partial charge in [0.05, 0.1) is 0 Å². The maximum Gasteiger partial charge on any atom is 0.126 e. The highest BCUT2D eigenvalue weighted by atomic mass is 16.5. The molecule has 2 fully saturated rings. The summed E-state index contributed by atoms with van der Waals surface area (Å²) in [4.78, 5) is 2.56. The van der Waals surface area contributed by atoms with Gasteiger partial charge >= 0.3 is 0 Å². The van der Waals surface area contributed by atoms with Crippen molar-refractivity contribution in [3.05, 3.63) is 40.5 Å². The summed E-state index contributed by atoms with van der Waals surface area (Å²) < 4.78 is 6.43. The van der Waals surface area contributed by atoms with Crippen LogP contribution in [0.2, 0.25) is 0 Å². The van der Waals surface area contributed by atoms with E-state index >= 15 is 0 Å². The molecule has 0 bridgehead atoms. The first kappa shape index (κ1) is 17.5. The highest BCUT2D eigenvalue weighted by Gasteiger charge is 2.17. The van der Waals surface area contributed by atoms with Crippen molar-refractivity contribution in [1.82, 2.24) is 4.90 Å². The van der Waals surface area contributed by atoms with E-state index in [2.05, 4.69) is 36.9 Å². The summed E-state index contributed by atoms with van der Waals surface area (Å²) in [6.07, 6.45) is 10.5. The van der Waals surface area contributed by atoms with Gasteiger partial charge in [0.2, 0.25) is 0 Å². The average molecular weight is 328 g/mol. The number of piperidine rings is 1. The zero-order chi connectivity index (χ0) is 16.8. The minimum atomic E-state index is 0.826. The zero-order valence-corrected chi connectivity index (χ0v) is 15.6. The van der Waals surface area contributed by atoms with E-state index in [4.69, 9.17) is 4.74 Å². The molecule has 0 atom stereocenters. The van der Waals surface area contributed by atoms with Gasteiger partial charge in [-0.25, -0.2) is 0 Å². The molecule has 132 valence electrons. The Morgan fingerprint density at radius 2 is 1.67 bits per heavy atom. The SMILES string of the molecule is Cc1ccc(C(OCCN2CCCCC2)=C2CCCCC2)c(C)c1. The Hall–Kier alpha value is -1.28. The van der Waals surface area contributed by atoms with Crippen LogP contribution in [0.15, 0.2) is 23.8 Å². The standard InChI is InChI=1S/C22H33NO/c1-18-11-12-21(19(2)17-18)22(20-9-5-3-6-10-20)24-16-15-23-13-7-4-8-14-23/h11-12,17H,3-10,13-16H2,1-2H3. The molecule has 3 rings (SSSR count). The Kier molecular flexibility index (Phi) is 6.37. The summed E-state index contributed by atoms with van der Waals surface area (Å²) in [7, 11) is 0. The molecule has 2 aliphatic rings. The van der Waals surface area contributed by atoms with E-state index < -0.39 is 0 Å². The minimum absolute atomic E-state index is 0.826. The number of likely N-dealkylation sites (tertiary alicyclic amines) is 1. The van der Waals surface area contributed by atoms with Crippen molar-refractivity contribution in [2.75, 3.05) is 26.2 Å². The lowest BCUT2D eigenvalue weighted by Gasteiger charge is -2.27. The van der Waals surface area contributed by atoms with Crippen LogP contribution < -0.4 is 0 Å². The molecule has 0 N–H and O–H groups in total. The molecule has 24 heavy (non-hydrogen) atoms. The van der Waals surface area contributed by atoms with E-state index in [1.165, 1.54) is 86.9 Å². The molecule has 1 aliphatic heterocycles. The van der Waals surface area contributed by atoms with Gasteiger partial charge in [-0.15, -0.1) is 0 Å². The zero-order valence-electron chi connectivity index (χ0n) is 15.6. The first-order chi connectivity index (χ1) is 11.7. The molecular weight excluding hydrogens is 294 g/mol.